The molecule has 0 N–H and O–H groups in total. The molecule has 1 radical (unpaired) electrons. The molecule has 0 unspecified atom stereocenters. The third kappa shape index (κ3) is 3.90. The number of hydrogen-bond acceptors (Lipinski definition) is 2. The van der Waals surface area contributed by atoms with Gasteiger partial charge < -0.3 is 9.47 Å². The molecule has 21 heavy (non-hydrogen) atoms. The van der Waals surface area contributed by atoms with Crippen LogP contribution in [0, 0.1) is 6.10 Å². The Kier molecular flexibility index (Phi) is 4.40. The molecule has 0 amide bonds. The van der Waals surface area contributed by atoms with Gasteiger partial charge >= 0.3 is 6.18 Å². The second-order valence-corrected chi connectivity index (χ2v) is 4.41. The van der Waals surface area contributed by atoms with Crippen LogP contribution >= 0.6 is 0 Å². The Balaban J connectivity index is 2.06. The highest BCUT2D eigenvalue weighted by Gasteiger charge is 2.30. The molecule has 2 nitrogen and oxygen atoms in total. The minimum absolute atomic E-state index is 0.358. The van der Waals surface area contributed by atoms with Gasteiger partial charge in [0.25, 0.3) is 0 Å². The van der Waals surface area contributed by atoms with Gasteiger partial charge in [-0.15, -0.1) is 0 Å². The summed E-state index contributed by atoms with van der Waals surface area (Å²) in [6.45, 7) is 1.75. The van der Waals surface area contributed by atoms with Gasteiger partial charge in [-0.1, -0.05) is 12.1 Å². The average molecular weight is 295 g/mol. The first kappa shape index (κ1) is 15.2. The van der Waals surface area contributed by atoms with E-state index in [0.29, 0.717) is 11.9 Å². The Hall–Kier alpha value is -2.17. The standard InChI is InChI=1S/C16H14F3O2/c1-11(12-3-7-14(20-2)8-4-12)21-15-9-5-13(6-10-15)16(17,18)19/h3-10H,1-2H3. The number of halogens is 3. The summed E-state index contributed by atoms with van der Waals surface area (Å²) in [5.74, 6) is 1.08. The van der Waals surface area contributed by atoms with E-state index in [-0.39, 0.29) is 0 Å². The third-order valence-corrected chi connectivity index (χ3v) is 2.95. The zero-order valence-corrected chi connectivity index (χ0v) is 11.6. The van der Waals surface area contributed by atoms with Crippen LogP contribution in [0.15, 0.2) is 48.5 Å². The number of alkyl halides is 3. The lowest BCUT2D eigenvalue weighted by atomic mass is 10.1. The molecule has 0 bridgehead atoms. The average Bonchev–Trinajstić information content (AvgIpc) is 2.47. The summed E-state index contributed by atoms with van der Waals surface area (Å²) >= 11 is 0. The normalized spacial score (nSPS) is 11.5. The van der Waals surface area contributed by atoms with Crippen LogP contribution in [0.4, 0.5) is 13.2 Å². The molecule has 0 saturated carbocycles. The number of ether oxygens (including phenoxy) is 2. The van der Waals surface area contributed by atoms with Crippen molar-refractivity contribution in [2.24, 2.45) is 0 Å². The number of rotatable bonds is 4. The molecule has 2 aromatic carbocycles. The summed E-state index contributed by atoms with van der Waals surface area (Å²) in [7, 11) is 1.57. The molecule has 0 spiro atoms. The highest BCUT2D eigenvalue weighted by Crippen LogP contribution is 2.31. The van der Waals surface area contributed by atoms with Crippen molar-refractivity contribution in [2.75, 3.05) is 7.11 Å². The zero-order valence-electron chi connectivity index (χ0n) is 11.6. The molecule has 0 aliphatic carbocycles. The maximum atomic E-state index is 12.5. The van der Waals surface area contributed by atoms with Crippen molar-refractivity contribution in [3.63, 3.8) is 0 Å². The van der Waals surface area contributed by atoms with E-state index in [9.17, 15) is 13.2 Å². The molecule has 0 aliphatic heterocycles. The van der Waals surface area contributed by atoms with E-state index in [4.69, 9.17) is 9.47 Å². The van der Waals surface area contributed by atoms with Crippen molar-refractivity contribution < 1.29 is 22.6 Å². The van der Waals surface area contributed by atoms with Crippen LogP contribution in [-0.2, 0) is 6.18 Å². The smallest absolute Gasteiger partial charge is 0.416 e. The first-order valence-corrected chi connectivity index (χ1v) is 6.23. The van der Waals surface area contributed by atoms with E-state index < -0.39 is 11.7 Å². The number of benzene rings is 2. The molecule has 0 saturated heterocycles. The predicted molar refractivity (Wildman–Crippen MR) is 73.1 cm³/mol. The van der Waals surface area contributed by atoms with Gasteiger partial charge in [-0.05, 0) is 48.9 Å². The lowest BCUT2D eigenvalue weighted by Gasteiger charge is -2.14. The molecule has 5 heteroatoms. The van der Waals surface area contributed by atoms with Crippen molar-refractivity contribution in [1.82, 2.24) is 0 Å². The second kappa shape index (κ2) is 6.08. The molecular weight excluding hydrogens is 281 g/mol. The van der Waals surface area contributed by atoms with E-state index in [1.807, 2.05) is 12.1 Å². The van der Waals surface area contributed by atoms with Crippen molar-refractivity contribution in [2.45, 2.75) is 13.1 Å². The van der Waals surface area contributed by atoms with E-state index in [0.717, 1.165) is 23.4 Å². The lowest BCUT2D eigenvalue weighted by molar-refractivity contribution is -0.137. The largest absolute Gasteiger partial charge is 0.497 e. The van der Waals surface area contributed by atoms with Gasteiger partial charge in [-0.2, -0.15) is 13.2 Å². The van der Waals surface area contributed by atoms with Crippen LogP contribution in [0.25, 0.3) is 0 Å². The molecule has 2 rings (SSSR count). The minimum atomic E-state index is -4.34. The predicted octanol–water partition coefficient (Wildman–Crippen LogP) is 4.69. The van der Waals surface area contributed by atoms with Crippen LogP contribution < -0.4 is 9.47 Å². The SMILES string of the molecule is COc1ccc([C](C)Oc2ccc(C(F)(F)F)cc2)cc1. The molecule has 0 aliphatic rings. The van der Waals surface area contributed by atoms with Gasteiger partial charge in [0.15, 0.2) is 6.10 Å². The molecule has 2 aromatic rings. The van der Waals surface area contributed by atoms with Gasteiger partial charge in [0.1, 0.15) is 11.5 Å². The fraction of sp³-hybridized carbons (Fsp3) is 0.188. The van der Waals surface area contributed by atoms with Crippen LogP contribution in [0.1, 0.15) is 18.1 Å². The van der Waals surface area contributed by atoms with Crippen LogP contribution in [0.5, 0.6) is 11.5 Å². The van der Waals surface area contributed by atoms with Crippen molar-refractivity contribution in [3.8, 4) is 11.5 Å². The third-order valence-electron chi connectivity index (χ3n) is 2.95. The first-order chi connectivity index (χ1) is 9.90. The molecule has 0 aromatic heterocycles. The fourth-order valence-corrected chi connectivity index (χ4v) is 1.77. The topological polar surface area (TPSA) is 18.5 Å². The summed E-state index contributed by atoms with van der Waals surface area (Å²) in [5.41, 5.74) is 0.132. The Bertz CT molecular complexity index is 574. The Morgan fingerprint density at radius 1 is 0.857 bits per heavy atom. The maximum absolute atomic E-state index is 12.5. The van der Waals surface area contributed by atoms with E-state index in [2.05, 4.69) is 0 Å². The molecule has 0 heterocycles. The minimum Gasteiger partial charge on any atom is -0.497 e. The van der Waals surface area contributed by atoms with E-state index in [1.54, 1.807) is 26.2 Å². The number of hydrogen-bond donors (Lipinski definition) is 0. The van der Waals surface area contributed by atoms with Crippen LogP contribution in [0.2, 0.25) is 0 Å². The summed E-state index contributed by atoms with van der Waals surface area (Å²) in [6.07, 6.45) is -3.75. The van der Waals surface area contributed by atoms with Crippen molar-refractivity contribution in [3.05, 3.63) is 65.8 Å². The van der Waals surface area contributed by atoms with E-state index in [1.165, 1.54) is 12.1 Å². The van der Waals surface area contributed by atoms with Crippen molar-refractivity contribution >= 4 is 0 Å². The summed E-state index contributed by atoms with van der Waals surface area (Å²) in [4.78, 5) is 0. The summed E-state index contributed by atoms with van der Waals surface area (Å²) in [6, 6.07) is 11.8. The van der Waals surface area contributed by atoms with Crippen molar-refractivity contribution in [1.29, 1.82) is 0 Å². The highest BCUT2D eigenvalue weighted by atomic mass is 19.4. The Labute approximate surface area is 121 Å². The molecular formula is C16H14F3O2. The van der Waals surface area contributed by atoms with Crippen LogP contribution in [-0.4, -0.2) is 7.11 Å². The fourth-order valence-electron chi connectivity index (χ4n) is 1.77. The summed E-state index contributed by atoms with van der Waals surface area (Å²) in [5, 5.41) is 0. The number of methoxy groups -OCH3 is 1. The first-order valence-electron chi connectivity index (χ1n) is 6.23. The monoisotopic (exact) mass is 295 g/mol. The Morgan fingerprint density at radius 3 is 1.86 bits per heavy atom. The van der Waals surface area contributed by atoms with Gasteiger partial charge in [0.05, 0.1) is 12.7 Å². The van der Waals surface area contributed by atoms with Gasteiger partial charge in [0, 0.05) is 0 Å². The molecule has 0 fully saturated rings. The van der Waals surface area contributed by atoms with Gasteiger partial charge in [0.2, 0.25) is 0 Å². The quantitative estimate of drug-likeness (QED) is 0.814. The van der Waals surface area contributed by atoms with Gasteiger partial charge in [-0.25, -0.2) is 0 Å². The highest BCUT2D eigenvalue weighted by molar-refractivity contribution is 5.36. The molecule has 111 valence electrons. The van der Waals surface area contributed by atoms with Crippen LogP contribution in [0.3, 0.4) is 0 Å². The second-order valence-electron chi connectivity index (χ2n) is 4.41. The lowest BCUT2D eigenvalue weighted by Crippen LogP contribution is -2.06. The maximum Gasteiger partial charge on any atom is 0.416 e. The summed E-state index contributed by atoms with van der Waals surface area (Å²) < 4.78 is 48.0. The molecule has 0 atom stereocenters. The Morgan fingerprint density at radius 2 is 1.38 bits per heavy atom. The zero-order chi connectivity index (χ0) is 15.5. The van der Waals surface area contributed by atoms with Gasteiger partial charge in [-0.3, -0.25) is 0 Å². The van der Waals surface area contributed by atoms with E-state index >= 15 is 0 Å².